The first kappa shape index (κ1) is 14.7. The van der Waals surface area contributed by atoms with Crippen LogP contribution in [0.2, 0.25) is 0 Å². The van der Waals surface area contributed by atoms with Gasteiger partial charge in [-0.15, -0.1) is 0 Å². The summed E-state index contributed by atoms with van der Waals surface area (Å²) in [5, 5.41) is 3.66. The van der Waals surface area contributed by atoms with Gasteiger partial charge in [0.2, 0.25) is 0 Å². The van der Waals surface area contributed by atoms with Crippen molar-refractivity contribution < 1.29 is 0 Å². The molecule has 0 heterocycles. The van der Waals surface area contributed by atoms with Crippen molar-refractivity contribution in [2.75, 3.05) is 6.54 Å². The van der Waals surface area contributed by atoms with Gasteiger partial charge in [0, 0.05) is 10.5 Å². The van der Waals surface area contributed by atoms with E-state index in [9.17, 15) is 0 Å². The van der Waals surface area contributed by atoms with E-state index >= 15 is 0 Å². The molecule has 96 valence electrons. The number of hydrogen-bond acceptors (Lipinski definition) is 1. The van der Waals surface area contributed by atoms with E-state index < -0.39 is 0 Å². The second-order valence-electron chi connectivity index (χ2n) is 5.71. The summed E-state index contributed by atoms with van der Waals surface area (Å²) in [5.74, 6) is 0. The smallest absolute Gasteiger partial charge is 0.0178 e. The van der Waals surface area contributed by atoms with Crippen molar-refractivity contribution >= 4 is 15.9 Å². The van der Waals surface area contributed by atoms with Gasteiger partial charge in [-0.3, -0.25) is 0 Å². The van der Waals surface area contributed by atoms with E-state index in [1.165, 1.54) is 12.0 Å². The monoisotopic (exact) mass is 297 g/mol. The Morgan fingerprint density at radius 3 is 2.53 bits per heavy atom. The SMILES string of the molecule is CCCNC(Cc1cccc(Br)c1)C(C)(C)C. The summed E-state index contributed by atoms with van der Waals surface area (Å²) in [4.78, 5) is 0. The van der Waals surface area contributed by atoms with Crippen molar-refractivity contribution in [2.24, 2.45) is 5.41 Å². The number of hydrogen-bond donors (Lipinski definition) is 1. The van der Waals surface area contributed by atoms with Crippen LogP contribution < -0.4 is 5.32 Å². The second kappa shape index (κ2) is 6.55. The van der Waals surface area contributed by atoms with Gasteiger partial charge >= 0.3 is 0 Å². The van der Waals surface area contributed by atoms with Crippen molar-refractivity contribution in [1.29, 1.82) is 0 Å². The molecule has 0 saturated carbocycles. The first-order valence-corrected chi connectivity index (χ1v) is 7.20. The van der Waals surface area contributed by atoms with Crippen molar-refractivity contribution in [3.05, 3.63) is 34.3 Å². The Morgan fingerprint density at radius 2 is 2.00 bits per heavy atom. The van der Waals surface area contributed by atoms with Crippen LogP contribution in [0.3, 0.4) is 0 Å². The third-order valence-electron chi connectivity index (χ3n) is 3.01. The van der Waals surface area contributed by atoms with Crippen LogP contribution in [-0.4, -0.2) is 12.6 Å². The Bertz CT molecular complexity index is 341. The Balaban J connectivity index is 2.72. The van der Waals surface area contributed by atoms with E-state index in [2.05, 4.69) is 73.2 Å². The Hall–Kier alpha value is -0.340. The lowest BCUT2D eigenvalue weighted by molar-refractivity contribution is 0.267. The van der Waals surface area contributed by atoms with Gasteiger partial charge in [-0.2, -0.15) is 0 Å². The fraction of sp³-hybridized carbons (Fsp3) is 0.600. The van der Waals surface area contributed by atoms with Crippen LogP contribution in [0.4, 0.5) is 0 Å². The van der Waals surface area contributed by atoms with Gasteiger partial charge in [-0.25, -0.2) is 0 Å². The second-order valence-corrected chi connectivity index (χ2v) is 6.62. The molecule has 0 spiro atoms. The molecule has 0 amide bonds. The predicted octanol–water partition coefficient (Wildman–Crippen LogP) is 4.41. The number of rotatable bonds is 5. The lowest BCUT2D eigenvalue weighted by Gasteiger charge is -2.32. The van der Waals surface area contributed by atoms with E-state index in [0.29, 0.717) is 6.04 Å². The van der Waals surface area contributed by atoms with Gasteiger partial charge in [0.05, 0.1) is 0 Å². The van der Waals surface area contributed by atoms with Crippen LogP contribution in [-0.2, 0) is 6.42 Å². The fourth-order valence-corrected chi connectivity index (χ4v) is 2.35. The van der Waals surface area contributed by atoms with E-state index in [-0.39, 0.29) is 5.41 Å². The van der Waals surface area contributed by atoms with E-state index in [4.69, 9.17) is 0 Å². The minimum atomic E-state index is 0.289. The summed E-state index contributed by atoms with van der Waals surface area (Å²) in [6, 6.07) is 9.13. The summed E-state index contributed by atoms with van der Waals surface area (Å²) in [7, 11) is 0. The molecule has 1 aromatic rings. The maximum Gasteiger partial charge on any atom is 0.0178 e. The van der Waals surface area contributed by atoms with Crippen molar-refractivity contribution in [1.82, 2.24) is 5.32 Å². The molecular weight excluding hydrogens is 274 g/mol. The van der Waals surface area contributed by atoms with Crippen molar-refractivity contribution in [3.63, 3.8) is 0 Å². The van der Waals surface area contributed by atoms with Gasteiger partial charge in [-0.05, 0) is 42.5 Å². The van der Waals surface area contributed by atoms with E-state index in [1.54, 1.807) is 0 Å². The molecule has 2 heteroatoms. The highest BCUT2D eigenvalue weighted by Crippen LogP contribution is 2.23. The maximum atomic E-state index is 3.66. The van der Waals surface area contributed by atoms with Gasteiger partial charge in [-0.1, -0.05) is 55.8 Å². The number of halogens is 1. The number of benzene rings is 1. The Kier molecular flexibility index (Phi) is 5.68. The molecule has 0 aliphatic carbocycles. The third-order valence-corrected chi connectivity index (χ3v) is 3.51. The molecule has 0 aliphatic heterocycles. The molecule has 0 aliphatic rings. The highest BCUT2D eigenvalue weighted by atomic mass is 79.9. The molecule has 0 radical (unpaired) electrons. The highest BCUT2D eigenvalue weighted by molar-refractivity contribution is 9.10. The maximum absolute atomic E-state index is 3.66. The van der Waals surface area contributed by atoms with Crippen LogP contribution >= 0.6 is 15.9 Å². The van der Waals surface area contributed by atoms with Crippen molar-refractivity contribution in [3.8, 4) is 0 Å². The van der Waals surface area contributed by atoms with Crippen LogP contribution in [0.25, 0.3) is 0 Å². The molecule has 0 bridgehead atoms. The molecular formula is C15H24BrN. The molecule has 1 unspecified atom stereocenters. The van der Waals surface area contributed by atoms with Crippen LogP contribution in [0, 0.1) is 5.41 Å². The van der Waals surface area contributed by atoms with Gasteiger partial charge < -0.3 is 5.32 Å². The standard InChI is InChI=1S/C15H24BrN/c1-5-9-17-14(15(2,3)4)11-12-7-6-8-13(16)10-12/h6-8,10,14,17H,5,9,11H2,1-4H3. The van der Waals surface area contributed by atoms with Gasteiger partial charge in [0.25, 0.3) is 0 Å². The first-order valence-electron chi connectivity index (χ1n) is 6.41. The molecule has 1 rings (SSSR count). The molecule has 17 heavy (non-hydrogen) atoms. The summed E-state index contributed by atoms with van der Waals surface area (Å²) in [6.45, 7) is 10.2. The van der Waals surface area contributed by atoms with Crippen molar-refractivity contribution in [2.45, 2.75) is 46.6 Å². The summed E-state index contributed by atoms with van der Waals surface area (Å²) < 4.78 is 1.16. The van der Waals surface area contributed by atoms with Crippen LogP contribution in [0.15, 0.2) is 28.7 Å². The Labute approximate surface area is 114 Å². The van der Waals surface area contributed by atoms with E-state index in [1.807, 2.05) is 0 Å². The normalized spacial score (nSPS) is 13.7. The molecule has 1 atom stereocenters. The molecule has 0 fully saturated rings. The summed E-state index contributed by atoms with van der Waals surface area (Å²) in [6.07, 6.45) is 2.27. The summed E-state index contributed by atoms with van der Waals surface area (Å²) in [5.41, 5.74) is 1.68. The Morgan fingerprint density at radius 1 is 1.29 bits per heavy atom. The molecule has 1 N–H and O–H groups in total. The van der Waals surface area contributed by atoms with Gasteiger partial charge in [0.1, 0.15) is 0 Å². The topological polar surface area (TPSA) is 12.0 Å². The third kappa shape index (κ3) is 5.22. The first-order chi connectivity index (χ1) is 7.93. The largest absolute Gasteiger partial charge is 0.313 e. The van der Waals surface area contributed by atoms with Crippen LogP contribution in [0.1, 0.15) is 39.7 Å². The number of nitrogens with one attached hydrogen (secondary N) is 1. The molecule has 0 saturated heterocycles. The van der Waals surface area contributed by atoms with E-state index in [0.717, 1.165) is 17.4 Å². The fourth-order valence-electron chi connectivity index (χ4n) is 1.90. The predicted molar refractivity (Wildman–Crippen MR) is 79.4 cm³/mol. The zero-order valence-electron chi connectivity index (χ0n) is 11.4. The molecule has 1 nitrogen and oxygen atoms in total. The van der Waals surface area contributed by atoms with Gasteiger partial charge in [0.15, 0.2) is 0 Å². The quantitative estimate of drug-likeness (QED) is 0.849. The summed E-state index contributed by atoms with van der Waals surface area (Å²) >= 11 is 3.53. The molecule has 1 aromatic carbocycles. The zero-order chi connectivity index (χ0) is 12.9. The molecule has 0 aromatic heterocycles. The minimum Gasteiger partial charge on any atom is -0.313 e. The lowest BCUT2D eigenvalue weighted by Crippen LogP contribution is -2.42. The zero-order valence-corrected chi connectivity index (χ0v) is 13.0. The van der Waals surface area contributed by atoms with Crippen LogP contribution in [0.5, 0.6) is 0 Å². The average Bonchev–Trinajstić information content (AvgIpc) is 2.22. The lowest BCUT2D eigenvalue weighted by atomic mass is 9.83. The highest BCUT2D eigenvalue weighted by Gasteiger charge is 2.23. The minimum absolute atomic E-state index is 0.289. The average molecular weight is 298 g/mol.